The van der Waals surface area contributed by atoms with Gasteiger partial charge >= 0.3 is 17.9 Å². The number of carbonyl (C=O) groups excluding carboxylic acids is 3. The van der Waals surface area contributed by atoms with Crippen molar-refractivity contribution in [3.8, 4) is 0 Å². The topological polar surface area (TPSA) is 78.9 Å². The summed E-state index contributed by atoms with van der Waals surface area (Å²) in [5, 5.41) is 0.928. The summed E-state index contributed by atoms with van der Waals surface area (Å²) < 4.78 is 17.5. The highest BCUT2D eigenvalue weighted by Gasteiger charge is 2.25. The molecule has 0 aromatic heterocycles. The van der Waals surface area contributed by atoms with Crippen molar-refractivity contribution < 1.29 is 28.6 Å². The first-order valence-corrected chi connectivity index (χ1v) is 22.1. The van der Waals surface area contributed by atoms with Gasteiger partial charge in [0.2, 0.25) is 0 Å². The van der Waals surface area contributed by atoms with E-state index in [1.165, 1.54) is 77.0 Å². The molecule has 0 aliphatic rings. The molecule has 0 aliphatic carbocycles. The molecule has 0 aromatic carbocycles. The third-order valence-electron chi connectivity index (χ3n) is 9.71. The van der Waals surface area contributed by atoms with Crippen LogP contribution >= 0.6 is 15.9 Å². The Kier molecular flexibility index (Phi) is 35.8. The number of esters is 3. The smallest absolute Gasteiger partial charge is 0.308 e. The van der Waals surface area contributed by atoms with Crippen molar-refractivity contribution in [3.05, 3.63) is 0 Å². The van der Waals surface area contributed by atoms with Crippen LogP contribution in [-0.4, -0.2) is 43.1 Å². The van der Waals surface area contributed by atoms with Crippen LogP contribution in [0.3, 0.4) is 0 Å². The molecule has 0 saturated heterocycles. The van der Waals surface area contributed by atoms with Crippen LogP contribution < -0.4 is 0 Å². The highest BCUT2D eigenvalue weighted by Crippen LogP contribution is 2.23. The van der Waals surface area contributed by atoms with E-state index in [0.717, 1.165) is 102 Å². The zero-order valence-electron chi connectivity index (χ0n) is 32.7. The van der Waals surface area contributed by atoms with E-state index in [0.29, 0.717) is 6.42 Å². The molecule has 49 heavy (non-hydrogen) atoms. The van der Waals surface area contributed by atoms with Crippen LogP contribution in [-0.2, 0) is 28.6 Å². The Balaban J connectivity index is 5.35. The van der Waals surface area contributed by atoms with Crippen LogP contribution in [0.15, 0.2) is 0 Å². The fraction of sp³-hybridized carbons (Fsp3) is 0.929. The molecule has 0 fully saturated rings. The molecule has 7 heteroatoms. The molecule has 0 rings (SSSR count). The van der Waals surface area contributed by atoms with E-state index in [2.05, 4.69) is 43.6 Å². The summed E-state index contributed by atoms with van der Waals surface area (Å²) in [6.45, 7) is 9.16. The summed E-state index contributed by atoms with van der Waals surface area (Å²) in [4.78, 5) is 39.3. The number of unbranched alkanes of at least 4 members (excludes halogenated alkanes) is 18. The molecule has 2 unspecified atom stereocenters. The van der Waals surface area contributed by atoms with Crippen molar-refractivity contribution in [2.24, 2.45) is 17.8 Å². The Bertz CT molecular complexity index is 711. The molecule has 0 spiro atoms. The van der Waals surface area contributed by atoms with Crippen LogP contribution in [0.1, 0.15) is 207 Å². The van der Waals surface area contributed by atoms with Crippen LogP contribution in [0.5, 0.6) is 0 Å². The van der Waals surface area contributed by atoms with Crippen molar-refractivity contribution >= 4 is 33.8 Å². The van der Waals surface area contributed by atoms with Crippen molar-refractivity contribution in [1.29, 1.82) is 0 Å². The molecule has 0 bridgehead atoms. The Morgan fingerprint density at radius 2 is 0.755 bits per heavy atom. The van der Waals surface area contributed by atoms with Crippen LogP contribution in [0.2, 0.25) is 0 Å². The highest BCUT2D eigenvalue weighted by molar-refractivity contribution is 9.09. The Labute approximate surface area is 311 Å². The predicted octanol–water partition coefficient (Wildman–Crippen LogP) is 12.9. The maximum atomic E-state index is 13.4. The molecule has 0 heterocycles. The third-order valence-corrected chi connectivity index (χ3v) is 10.3. The van der Waals surface area contributed by atoms with Crippen molar-refractivity contribution in [2.45, 2.75) is 207 Å². The molecule has 0 amide bonds. The Hall–Kier alpha value is -1.11. The molecule has 6 nitrogen and oxygen atoms in total. The largest absolute Gasteiger partial charge is 0.465 e. The number of halogens is 1. The average Bonchev–Trinajstić information content (AvgIpc) is 3.10. The van der Waals surface area contributed by atoms with Gasteiger partial charge in [0.25, 0.3) is 0 Å². The van der Waals surface area contributed by atoms with Crippen molar-refractivity contribution in [1.82, 2.24) is 0 Å². The van der Waals surface area contributed by atoms with E-state index < -0.39 is 0 Å². The average molecular weight is 760 g/mol. The molecule has 0 saturated carbocycles. The van der Waals surface area contributed by atoms with Gasteiger partial charge in [-0.3, -0.25) is 14.4 Å². The van der Waals surface area contributed by atoms with E-state index >= 15 is 0 Å². The van der Waals surface area contributed by atoms with E-state index in [-0.39, 0.29) is 55.5 Å². The molecular formula is C42H79BrO6. The second-order valence-electron chi connectivity index (χ2n) is 14.5. The summed E-state index contributed by atoms with van der Waals surface area (Å²) in [5.74, 6) is -1.13. The van der Waals surface area contributed by atoms with E-state index in [9.17, 15) is 14.4 Å². The minimum absolute atomic E-state index is 0.0923. The number of rotatable bonds is 37. The van der Waals surface area contributed by atoms with Gasteiger partial charge < -0.3 is 14.2 Å². The molecule has 0 aromatic rings. The second-order valence-corrected chi connectivity index (χ2v) is 15.3. The number of ether oxygens (including phenoxy) is 3. The second kappa shape index (κ2) is 36.7. The number of hydrogen-bond donors (Lipinski definition) is 0. The zero-order valence-corrected chi connectivity index (χ0v) is 34.3. The quantitative estimate of drug-likeness (QED) is 0.0272. The molecule has 290 valence electrons. The normalized spacial score (nSPS) is 13.2. The summed E-state index contributed by atoms with van der Waals surface area (Å²) >= 11 is 3.44. The molecule has 2 atom stereocenters. The van der Waals surface area contributed by atoms with Gasteiger partial charge in [0.1, 0.15) is 19.8 Å². The lowest BCUT2D eigenvalue weighted by atomic mass is 9.94. The first-order chi connectivity index (χ1) is 23.9. The molecule has 0 N–H and O–H groups in total. The van der Waals surface area contributed by atoms with Gasteiger partial charge in [0.15, 0.2) is 0 Å². The van der Waals surface area contributed by atoms with Crippen molar-refractivity contribution in [3.63, 3.8) is 0 Å². The van der Waals surface area contributed by atoms with Gasteiger partial charge in [-0.25, -0.2) is 0 Å². The maximum Gasteiger partial charge on any atom is 0.308 e. The fourth-order valence-corrected chi connectivity index (χ4v) is 6.74. The minimum atomic E-state index is -0.371. The van der Waals surface area contributed by atoms with Crippen molar-refractivity contribution in [2.75, 3.05) is 25.2 Å². The first-order valence-electron chi connectivity index (χ1n) is 21.0. The summed E-state index contributed by atoms with van der Waals surface area (Å²) in [7, 11) is 0. The lowest BCUT2D eigenvalue weighted by molar-refractivity contribution is -0.157. The molecule has 0 radical (unpaired) electrons. The zero-order chi connectivity index (χ0) is 36.2. The standard InChI is InChI=1S/C42H79BrO6/c1-5-9-13-17-19-24-30-38(28-22-15-11-7-3)41(45)48-35-37(34-47-40(44)32-26-21-27-33-43)36-49-42(46)39(29-23-16-12-8-4)31-25-20-18-14-10-6-2/h37-39H,5-36H2,1-4H3. The number of hydrogen-bond acceptors (Lipinski definition) is 6. The fourth-order valence-electron chi connectivity index (χ4n) is 6.34. The molecule has 0 aliphatic heterocycles. The minimum Gasteiger partial charge on any atom is -0.465 e. The van der Waals surface area contributed by atoms with Crippen LogP contribution in [0.4, 0.5) is 0 Å². The monoisotopic (exact) mass is 759 g/mol. The Morgan fingerprint density at radius 3 is 1.14 bits per heavy atom. The lowest BCUT2D eigenvalue weighted by Gasteiger charge is -2.22. The van der Waals surface area contributed by atoms with Gasteiger partial charge in [-0.05, 0) is 38.5 Å². The summed E-state index contributed by atoms with van der Waals surface area (Å²) in [6, 6.07) is 0. The lowest BCUT2D eigenvalue weighted by Crippen LogP contribution is -2.29. The predicted molar refractivity (Wildman–Crippen MR) is 209 cm³/mol. The summed E-state index contributed by atoms with van der Waals surface area (Å²) in [5.41, 5.74) is 0. The van der Waals surface area contributed by atoms with E-state index in [1.807, 2.05) is 0 Å². The van der Waals surface area contributed by atoms with Gasteiger partial charge in [0, 0.05) is 11.8 Å². The highest BCUT2D eigenvalue weighted by atomic mass is 79.9. The number of carbonyl (C=O) groups is 3. The van der Waals surface area contributed by atoms with Gasteiger partial charge in [-0.15, -0.1) is 0 Å². The van der Waals surface area contributed by atoms with Gasteiger partial charge in [0.05, 0.1) is 17.8 Å². The van der Waals surface area contributed by atoms with E-state index in [4.69, 9.17) is 14.2 Å². The van der Waals surface area contributed by atoms with Crippen LogP contribution in [0, 0.1) is 17.8 Å². The number of alkyl halides is 1. The third kappa shape index (κ3) is 30.2. The maximum absolute atomic E-state index is 13.4. The van der Waals surface area contributed by atoms with E-state index in [1.54, 1.807) is 0 Å². The summed E-state index contributed by atoms with van der Waals surface area (Å²) in [6.07, 6.45) is 30.0. The van der Waals surface area contributed by atoms with Crippen LogP contribution in [0.25, 0.3) is 0 Å². The van der Waals surface area contributed by atoms with Gasteiger partial charge in [-0.1, -0.05) is 178 Å². The SMILES string of the molecule is CCCCCCCCC(CCCCCC)C(=O)OCC(COC(=O)CCCCCBr)COC(=O)C(CCCCCC)CCCCCCCC. The molecular weight excluding hydrogens is 680 g/mol. The Morgan fingerprint density at radius 1 is 0.429 bits per heavy atom. The first kappa shape index (κ1) is 47.9. The van der Waals surface area contributed by atoms with Gasteiger partial charge in [-0.2, -0.15) is 0 Å².